The van der Waals surface area contributed by atoms with Crippen molar-refractivity contribution >= 4 is 0 Å². The van der Waals surface area contributed by atoms with E-state index in [2.05, 4.69) is 18.8 Å². The third kappa shape index (κ3) is 9.52. The lowest BCUT2D eigenvalue weighted by Crippen LogP contribution is -1.81. The molecule has 0 spiro atoms. The van der Waals surface area contributed by atoms with E-state index in [4.69, 9.17) is 5.11 Å². The number of rotatable bonds is 6. The second-order valence-electron chi connectivity index (χ2n) is 2.99. The lowest BCUT2D eigenvalue weighted by Gasteiger charge is -1.91. The molecule has 0 aromatic heterocycles. The molecular weight excluding hydrogens is 148 g/mol. The molecule has 0 saturated carbocycles. The Morgan fingerprint density at radius 3 is 2.17 bits per heavy atom. The van der Waals surface area contributed by atoms with Crippen LogP contribution in [0.15, 0.2) is 0 Å². The Kier molecular flexibility index (Phi) is 10.1. The first kappa shape index (κ1) is 11.5. The highest BCUT2D eigenvalue weighted by Gasteiger charge is 1.84. The van der Waals surface area contributed by atoms with Crippen LogP contribution >= 0.6 is 0 Å². The van der Waals surface area contributed by atoms with Crippen LogP contribution in [-0.4, -0.2) is 11.7 Å². The predicted molar refractivity (Wildman–Crippen MR) is 52.9 cm³/mol. The van der Waals surface area contributed by atoms with Gasteiger partial charge in [0.2, 0.25) is 0 Å². The average Bonchev–Trinajstić information content (AvgIpc) is 2.10. The van der Waals surface area contributed by atoms with Crippen molar-refractivity contribution in [3.05, 3.63) is 0 Å². The smallest absolute Gasteiger partial charge is 0.0431 e. The zero-order valence-electron chi connectivity index (χ0n) is 8.10. The summed E-state index contributed by atoms with van der Waals surface area (Å²) in [5.41, 5.74) is 0. The van der Waals surface area contributed by atoms with Gasteiger partial charge in [-0.15, -0.1) is 11.8 Å². The topological polar surface area (TPSA) is 20.2 Å². The van der Waals surface area contributed by atoms with Gasteiger partial charge >= 0.3 is 0 Å². The van der Waals surface area contributed by atoms with Crippen molar-refractivity contribution in [1.29, 1.82) is 0 Å². The molecule has 0 fully saturated rings. The maximum Gasteiger partial charge on any atom is 0.0431 e. The molecular formula is C11H20O. The molecule has 0 aliphatic rings. The van der Waals surface area contributed by atoms with E-state index >= 15 is 0 Å². The summed E-state index contributed by atoms with van der Waals surface area (Å²) >= 11 is 0. The minimum Gasteiger partial charge on any atom is -0.396 e. The molecule has 0 aromatic carbocycles. The minimum absolute atomic E-state index is 0.323. The summed E-state index contributed by atoms with van der Waals surface area (Å²) in [6.07, 6.45) is 7.69. The van der Waals surface area contributed by atoms with Crippen LogP contribution in [0.1, 0.15) is 51.9 Å². The minimum atomic E-state index is 0.323. The molecule has 1 heteroatoms. The van der Waals surface area contributed by atoms with Gasteiger partial charge < -0.3 is 5.11 Å². The highest BCUT2D eigenvalue weighted by molar-refractivity contribution is 4.98. The molecule has 0 rings (SSSR count). The summed E-state index contributed by atoms with van der Waals surface area (Å²) < 4.78 is 0. The molecule has 0 atom stereocenters. The number of unbranched alkanes of at least 4 members (excludes halogenated alkanes) is 5. The Balaban J connectivity index is 2.99. The molecule has 0 saturated heterocycles. The van der Waals surface area contributed by atoms with Gasteiger partial charge in [-0.2, -0.15) is 0 Å². The molecule has 0 heterocycles. The molecule has 0 radical (unpaired) electrons. The van der Waals surface area contributed by atoms with Crippen LogP contribution in [0.5, 0.6) is 0 Å². The fourth-order valence-corrected chi connectivity index (χ4v) is 0.944. The van der Waals surface area contributed by atoms with Crippen LogP contribution in [0.3, 0.4) is 0 Å². The van der Waals surface area contributed by atoms with E-state index in [0.717, 1.165) is 32.1 Å². The van der Waals surface area contributed by atoms with Crippen molar-refractivity contribution in [2.75, 3.05) is 6.61 Å². The van der Waals surface area contributed by atoms with Crippen LogP contribution < -0.4 is 0 Å². The Morgan fingerprint density at radius 1 is 0.917 bits per heavy atom. The summed E-state index contributed by atoms with van der Waals surface area (Å²) in [7, 11) is 0. The predicted octanol–water partition coefficient (Wildman–Crippen LogP) is 2.73. The Morgan fingerprint density at radius 2 is 1.58 bits per heavy atom. The van der Waals surface area contributed by atoms with E-state index in [1.807, 2.05) is 0 Å². The molecule has 0 amide bonds. The molecule has 0 bridgehead atoms. The van der Waals surface area contributed by atoms with E-state index < -0.39 is 0 Å². The standard InChI is InChI=1S/C11H20O/c1-2-3-4-5-6-7-8-9-10-11-12/h12H,2-4,7-11H2,1H3. The molecule has 70 valence electrons. The summed E-state index contributed by atoms with van der Waals surface area (Å²) in [5.74, 6) is 6.30. The van der Waals surface area contributed by atoms with Gasteiger partial charge in [0, 0.05) is 19.4 Å². The van der Waals surface area contributed by atoms with Crippen LogP contribution in [0.4, 0.5) is 0 Å². The molecule has 1 N–H and O–H groups in total. The van der Waals surface area contributed by atoms with Gasteiger partial charge in [-0.05, 0) is 19.3 Å². The molecule has 0 unspecified atom stereocenters. The third-order valence-electron chi connectivity index (χ3n) is 1.74. The van der Waals surface area contributed by atoms with E-state index in [9.17, 15) is 0 Å². The largest absolute Gasteiger partial charge is 0.396 e. The second kappa shape index (κ2) is 10.5. The Bertz CT molecular complexity index is 130. The zero-order valence-corrected chi connectivity index (χ0v) is 8.10. The fraction of sp³-hybridized carbons (Fsp3) is 0.818. The van der Waals surface area contributed by atoms with Crippen molar-refractivity contribution in [1.82, 2.24) is 0 Å². The first-order valence-corrected chi connectivity index (χ1v) is 4.98. The average molecular weight is 168 g/mol. The molecule has 12 heavy (non-hydrogen) atoms. The van der Waals surface area contributed by atoms with Gasteiger partial charge in [0.15, 0.2) is 0 Å². The maximum absolute atomic E-state index is 8.50. The summed E-state index contributed by atoms with van der Waals surface area (Å²) in [6.45, 7) is 2.51. The van der Waals surface area contributed by atoms with Crippen LogP contribution in [0.2, 0.25) is 0 Å². The lowest BCUT2D eigenvalue weighted by molar-refractivity contribution is 0.283. The maximum atomic E-state index is 8.50. The second-order valence-corrected chi connectivity index (χ2v) is 2.99. The van der Waals surface area contributed by atoms with E-state index in [-0.39, 0.29) is 0 Å². The van der Waals surface area contributed by atoms with Crippen LogP contribution in [0.25, 0.3) is 0 Å². The van der Waals surface area contributed by atoms with Gasteiger partial charge in [-0.3, -0.25) is 0 Å². The summed E-state index contributed by atoms with van der Waals surface area (Å²) in [5, 5.41) is 8.50. The SMILES string of the molecule is CCCCC#CCCCCCO. The number of aliphatic hydroxyl groups is 1. The van der Waals surface area contributed by atoms with Gasteiger partial charge in [-0.1, -0.05) is 19.8 Å². The van der Waals surface area contributed by atoms with Gasteiger partial charge in [0.25, 0.3) is 0 Å². The summed E-state index contributed by atoms with van der Waals surface area (Å²) in [6, 6.07) is 0. The molecule has 0 aliphatic carbocycles. The molecule has 0 aliphatic heterocycles. The van der Waals surface area contributed by atoms with Gasteiger partial charge in [0.05, 0.1) is 0 Å². The zero-order chi connectivity index (χ0) is 9.07. The van der Waals surface area contributed by atoms with E-state index in [1.54, 1.807) is 0 Å². The molecule has 1 nitrogen and oxygen atoms in total. The fourth-order valence-electron chi connectivity index (χ4n) is 0.944. The van der Waals surface area contributed by atoms with E-state index in [0.29, 0.717) is 6.61 Å². The summed E-state index contributed by atoms with van der Waals surface area (Å²) in [4.78, 5) is 0. The highest BCUT2D eigenvalue weighted by Crippen LogP contribution is 1.98. The van der Waals surface area contributed by atoms with Crippen LogP contribution in [0, 0.1) is 11.8 Å². The Labute approximate surface area is 76.2 Å². The first-order chi connectivity index (χ1) is 5.91. The first-order valence-electron chi connectivity index (χ1n) is 4.98. The monoisotopic (exact) mass is 168 g/mol. The van der Waals surface area contributed by atoms with Crippen molar-refractivity contribution in [3.8, 4) is 11.8 Å². The number of aliphatic hydroxyl groups excluding tert-OH is 1. The number of hydrogen-bond acceptors (Lipinski definition) is 1. The third-order valence-corrected chi connectivity index (χ3v) is 1.74. The molecule has 0 aromatic rings. The van der Waals surface area contributed by atoms with Crippen molar-refractivity contribution in [2.45, 2.75) is 51.9 Å². The van der Waals surface area contributed by atoms with E-state index in [1.165, 1.54) is 12.8 Å². The van der Waals surface area contributed by atoms with Crippen molar-refractivity contribution in [2.24, 2.45) is 0 Å². The van der Waals surface area contributed by atoms with Crippen molar-refractivity contribution in [3.63, 3.8) is 0 Å². The lowest BCUT2D eigenvalue weighted by atomic mass is 10.2. The van der Waals surface area contributed by atoms with Crippen LogP contribution in [-0.2, 0) is 0 Å². The Hall–Kier alpha value is -0.480. The van der Waals surface area contributed by atoms with Crippen molar-refractivity contribution < 1.29 is 5.11 Å². The van der Waals surface area contributed by atoms with Gasteiger partial charge in [-0.25, -0.2) is 0 Å². The number of hydrogen-bond donors (Lipinski definition) is 1. The highest BCUT2D eigenvalue weighted by atomic mass is 16.2. The van der Waals surface area contributed by atoms with Gasteiger partial charge in [0.1, 0.15) is 0 Å². The quantitative estimate of drug-likeness (QED) is 0.477. The normalized spacial score (nSPS) is 9.17.